The highest BCUT2D eigenvalue weighted by Gasteiger charge is 2.29. The van der Waals surface area contributed by atoms with Gasteiger partial charge in [0.15, 0.2) is 0 Å². The number of amides is 1. The van der Waals surface area contributed by atoms with Crippen LogP contribution in [0.3, 0.4) is 0 Å². The highest BCUT2D eigenvalue weighted by molar-refractivity contribution is 5.95. The van der Waals surface area contributed by atoms with Crippen molar-refractivity contribution in [2.75, 3.05) is 17.2 Å². The van der Waals surface area contributed by atoms with Gasteiger partial charge in [-0.2, -0.15) is 4.98 Å². The van der Waals surface area contributed by atoms with E-state index in [1.54, 1.807) is 17.0 Å². The van der Waals surface area contributed by atoms with E-state index >= 15 is 0 Å². The third-order valence-electron chi connectivity index (χ3n) is 2.62. The molecule has 0 bridgehead atoms. The van der Waals surface area contributed by atoms with Crippen LogP contribution in [0.2, 0.25) is 0 Å². The predicted molar refractivity (Wildman–Crippen MR) is 61.8 cm³/mol. The third kappa shape index (κ3) is 1.88. The van der Waals surface area contributed by atoms with E-state index in [9.17, 15) is 4.79 Å². The minimum atomic E-state index is 0.0578. The summed E-state index contributed by atoms with van der Waals surface area (Å²) in [6.07, 6.45) is 2.29. The fraction of sp³-hybridized carbons (Fsp3) is 0.364. The fourth-order valence-electron chi connectivity index (χ4n) is 1.83. The Labute approximate surface area is 94.0 Å². The zero-order chi connectivity index (χ0) is 11.7. The lowest BCUT2D eigenvalue weighted by Gasteiger charge is -2.15. The number of nitrogens with zero attached hydrogens (tertiary/aromatic N) is 3. The molecule has 1 aromatic heterocycles. The van der Waals surface area contributed by atoms with Crippen molar-refractivity contribution >= 4 is 17.7 Å². The summed E-state index contributed by atoms with van der Waals surface area (Å²) in [7, 11) is 0. The summed E-state index contributed by atoms with van der Waals surface area (Å²) in [5.41, 5.74) is 6.32. The van der Waals surface area contributed by atoms with E-state index in [0.29, 0.717) is 18.8 Å². The van der Waals surface area contributed by atoms with Gasteiger partial charge in [-0.3, -0.25) is 9.69 Å². The average molecular weight is 218 g/mol. The first-order chi connectivity index (χ1) is 7.60. The molecule has 0 radical (unpaired) electrons. The Balaban J connectivity index is 2.30. The van der Waals surface area contributed by atoms with E-state index in [2.05, 4.69) is 16.5 Å². The molecule has 16 heavy (non-hydrogen) atoms. The number of nitrogens with two attached hydrogens (primary N) is 1. The normalized spacial score (nSPS) is 20.2. The maximum absolute atomic E-state index is 11.7. The number of nitrogen functional groups attached to an aromatic ring is 1. The molecule has 1 aromatic rings. The summed E-state index contributed by atoms with van der Waals surface area (Å²) in [6.45, 7) is 6.15. The minimum absolute atomic E-state index is 0.0578. The Morgan fingerprint density at radius 1 is 1.62 bits per heavy atom. The molecule has 84 valence electrons. The number of hydrogen-bond donors (Lipinski definition) is 1. The summed E-state index contributed by atoms with van der Waals surface area (Å²) in [6, 6.07) is 1.76. The topological polar surface area (TPSA) is 72.1 Å². The van der Waals surface area contributed by atoms with E-state index in [1.165, 1.54) is 0 Å². The maximum Gasteiger partial charge on any atom is 0.228 e. The second-order valence-electron chi connectivity index (χ2n) is 3.93. The smallest absolute Gasteiger partial charge is 0.228 e. The maximum atomic E-state index is 11.7. The van der Waals surface area contributed by atoms with Gasteiger partial charge >= 0.3 is 0 Å². The van der Waals surface area contributed by atoms with Gasteiger partial charge < -0.3 is 5.73 Å². The average Bonchev–Trinajstić information content (AvgIpc) is 2.58. The Morgan fingerprint density at radius 3 is 2.94 bits per heavy atom. The largest absolute Gasteiger partial charge is 0.368 e. The van der Waals surface area contributed by atoms with Crippen molar-refractivity contribution in [2.24, 2.45) is 5.92 Å². The Bertz CT molecular complexity index is 423. The van der Waals surface area contributed by atoms with Crippen LogP contribution in [0.1, 0.15) is 12.1 Å². The van der Waals surface area contributed by atoms with Crippen molar-refractivity contribution in [3.05, 3.63) is 24.4 Å². The van der Waals surface area contributed by atoms with Crippen LogP contribution < -0.4 is 10.6 Å². The van der Waals surface area contributed by atoms with Gasteiger partial charge in [0.2, 0.25) is 11.9 Å². The predicted octanol–water partition coefficient (Wildman–Crippen LogP) is 0.906. The van der Waals surface area contributed by atoms with Crippen molar-refractivity contribution < 1.29 is 4.79 Å². The first kappa shape index (κ1) is 10.6. The summed E-state index contributed by atoms with van der Waals surface area (Å²) < 4.78 is 0. The Kier molecular flexibility index (Phi) is 2.60. The monoisotopic (exact) mass is 218 g/mol. The van der Waals surface area contributed by atoms with E-state index in [4.69, 9.17) is 5.73 Å². The molecule has 0 spiro atoms. The van der Waals surface area contributed by atoms with Crippen LogP contribution in [0.25, 0.3) is 0 Å². The molecule has 1 aliphatic heterocycles. The molecule has 2 heterocycles. The van der Waals surface area contributed by atoms with Crippen molar-refractivity contribution in [2.45, 2.75) is 13.3 Å². The molecule has 5 heteroatoms. The van der Waals surface area contributed by atoms with Crippen molar-refractivity contribution in [3.63, 3.8) is 0 Å². The summed E-state index contributed by atoms with van der Waals surface area (Å²) in [4.78, 5) is 21.4. The van der Waals surface area contributed by atoms with E-state index in [1.807, 2.05) is 6.92 Å². The lowest BCUT2D eigenvalue weighted by atomic mass is 10.1. The van der Waals surface area contributed by atoms with Crippen LogP contribution in [0.15, 0.2) is 18.7 Å². The molecule has 1 atom stereocenters. The van der Waals surface area contributed by atoms with Gasteiger partial charge in [-0.15, -0.1) is 6.58 Å². The third-order valence-corrected chi connectivity index (χ3v) is 2.62. The molecular formula is C11H14N4O. The fourth-order valence-corrected chi connectivity index (χ4v) is 1.83. The number of hydrogen-bond acceptors (Lipinski definition) is 4. The number of aryl methyl sites for hydroxylation is 1. The van der Waals surface area contributed by atoms with Crippen LogP contribution >= 0.6 is 0 Å². The molecule has 2 N–H and O–H groups in total. The second kappa shape index (κ2) is 3.92. The van der Waals surface area contributed by atoms with Gasteiger partial charge in [-0.05, 0) is 6.92 Å². The molecule has 1 fully saturated rings. The van der Waals surface area contributed by atoms with Gasteiger partial charge in [-0.1, -0.05) is 6.08 Å². The molecule has 1 amide bonds. The second-order valence-corrected chi connectivity index (χ2v) is 3.93. The zero-order valence-corrected chi connectivity index (χ0v) is 9.18. The van der Waals surface area contributed by atoms with E-state index < -0.39 is 0 Å². The highest BCUT2D eigenvalue weighted by Crippen LogP contribution is 2.24. The molecule has 0 aliphatic carbocycles. The van der Waals surface area contributed by atoms with Crippen LogP contribution in [0.5, 0.6) is 0 Å². The van der Waals surface area contributed by atoms with Crippen LogP contribution in [0.4, 0.5) is 11.8 Å². The van der Waals surface area contributed by atoms with E-state index in [-0.39, 0.29) is 17.8 Å². The van der Waals surface area contributed by atoms with Gasteiger partial charge in [0.25, 0.3) is 0 Å². The first-order valence-electron chi connectivity index (χ1n) is 5.14. The first-order valence-corrected chi connectivity index (χ1v) is 5.14. The van der Waals surface area contributed by atoms with Crippen molar-refractivity contribution in [1.82, 2.24) is 9.97 Å². The number of carbonyl (C=O) groups is 1. The molecule has 1 aliphatic rings. The minimum Gasteiger partial charge on any atom is -0.368 e. The van der Waals surface area contributed by atoms with Gasteiger partial charge in [0.1, 0.15) is 5.82 Å². The number of rotatable bonds is 2. The van der Waals surface area contributed by atoms with Crippen LogP contribution in [-0.4, -0.2) is 22.4 Å². The summed E-state index contributed by atoms with van der Waals surface area (Å²) in [5, 5.41) is 0. The van der Waals surface area contributed by atoms with Gasteiger partial charge in [-0.25, -0.2) is 4.98 Å². The number of carbonyl (C=O) groups excluding carboxylic acids is 1. The summed E-state index contributed by atoms with van der Waals surface area (Å²) >= 11 is 0. The lowest BCUT2D eigenvalue weighted by Crippen LogP contribution is -2.26. The SMILES string of the molecule is C=CC1CC(=O)N(c2cc(C)nc(N)n2)C1. The standard InChI is InChI=1S/C11H14N4O/c1-3-8-5-10(16)15(6-8)9-4-7(2)13-11(12)14-9/h3-4,8H,1,5-6H2,2H3,(H2,12,13,14). The van der Waals surface area contributed by atoms with Crippen molar-refractivity contribution in [1.29, 1.82) is 0 Å². The van der Waals surface area contributed by atoms with Crippen LogP contribution in [-0.2, 0) is 4.79 Å². The zero-order valence-electron chi connectivity index (χ0n) is 9.18. The summed E-state index contributed by atoms with van der Waals surface area (Å²) in [5.74, 6) is 1.04. The van der Waals surface area contributed by atoms with Crippen molar-refractivity contribution in [3.8, 4) is 0 Å². The molecule has 2 rings (SSSR count). The number of anilines is 2. The van der Waals surface area contributed by atoms with Gasteiger partial charge in [0.05, 0.1) is 0 Å². The molecule has 1 unspecified atom stereocenters. The number of aromatic nitrogens is 2. The Hall–Kier alpha value is -1.91. The quantitative estimate of drug-likeness (QED) is 0.749. The highest BCUT2D eigenvalue weighted by atomic mass is 16.2. The lowest BCUT2D eigenvalue weighted by molar-refractivity contribution is -0.117. The molecule has 0 saturated carbocycles. The molecule has 5 nitrogen and oxygen atoms in total. The van der Waals surface area contributed by atoms with Gasteiger partial charge in [0, 0.05) is 30.6 Å². The van der Waals surface area contributed by atoms with E-state index in [0.717, 1.165) is 5.69 Å². The molecule has 0 aromatic carbocycles. The van der Waals surface area contributed by atoms with Crippen LogP contribution in [0, 0.1) is 12.8 Å². The Morgan fingerprint density at radius 2 is 2.38 bits per heavy atom. The molecule has 1 saturated heterocycles. The molecular weight excluding hydrogens is 204 g/mol.